The molecule has 2 N–H and O–H groups in total. The Kier molecular flexibility index (Phi) is 6.99. The summed E-state index contributed by atoms with van der Waals surface area (Å²) in [5.74, 6) is 0.358. The van der Waals surface area contributed by atoms with Gasteiger partial charge in [-0.05, 0) is 31.2 Å². The highest BCUT2D eigenvalue weighted by Gasteiger charge is 2.20. The summed E-state index contributed by atoms with van der Waals surface area (Å²) >= 11 is 0. The Morgan fingerprint density at radius 1 is 1.17 bits per heavy atom. The van der Waals surface area contributed by atoms with Crippen molar-refractivity contribution in [3.63, 3.8) is 0 Å². The Hall–Kier alpha value is -0.860. The van der Waals surface area contributed by atoms with Gasteiger partial charge in [0.05, 0.1) is 0 Å². The molecule has 0 aliphatic carbocycles. The number of rotatable bonds is 8. The Bertz CT molecular complexity index is 308. The first-order valence-corrected chi connectivity index (χ1v) is 7.14. The molecule has 0 unspecified atom stereocenters. The van der Waals surface area contributed by atoms with E-state index in [1.54, 1.807) is 0 Å². The van der Waals surface area contributed by atoms with Crippen LogP contribution in [0.3, 0.4) is 0 Å². The smallest absolute Gasteiger partial charge is 0.0474 e. The summed E-state index contributed by atoms with van der Waals surface area (Å²) in [6.45, 7) is 6.82. The molecule has 0 aromatic heterocycles. The minimum atomic E-state index is 0.273. The van der Waals surface area contributed by atoms with E-state index in [1.807, 2.05) is 6.07 Å². The van der Waals surface area contributed by atoms with Crippen LogP contribution in [0.2, 0.25) is 0 Å². The summed E-state index contributed by atoms with van der Waals surface area (Å²) in [7, 11) is 0. The van der Waals surface area contributed by atoms with Gasteiger partial charge in [0.25, 0.3) is 0 Å². The molecular weight excluding hydrogens is 222 g/mol. The summed E-state index contributed by atoms with van der Waals surface area (Å²) in [4.78, 5) is 0. The molecule has 2 nitrogen and oxygen atoms in total. The zero-order chi connectivity index (χ0) is 13.4. The van der Waals surface area contributed by atoms with Gasteiger partial charge in [-0.15, -0.1) is 0 Å². The molecule has 0 bridgehead atoms. The third-order valence-electron chi connectivity index (χ3n) is 3.69. The summed E-state index contributed by atoms with van der Waals surface area (Å²) in [5.41, 5.74) is 1.31. The lowest BCUT2D eigenvalue weighted by molar-refractivity contribution is 0.173. The van der Waals surface area contributed by atoms with E-state index in [-0.39, 0.29) is 6.61 Å². The predicted molar refractivity (Wildman–Crippen MR) is 77.6 cm³/mol. The number of nitrogens with one attached hydrogen (secondary N) is 1. The first-order valence-electron chi connectivity index (χ1n) is 7.14. The normalized spacial score (nSPS) is 16.2. The summed E-state index contributed by atoms with van der Waals surface area (Å²) in [6, 6.07) is 11.2. The van der Waals surface area contributed by atoms with E-state index in [0.29, 0.717) is 18.0 Å². The van der Waals surface area contributed by atoms with Crippen LogP contribution in [0.5, 0.6) is 0 Å². The van der Waals surface area contributed by atoms with Crippen molar-refractivity contribution in [1.29, 1.82) is 0 Å². The molecule has 2 heteroatoms. The number of aliphatic hydroxyl groups excluding tert-OH is 1. The van der Waals surface area contributed by atoms with Gasteiger partial charge < -0.3 is 10.4 Å². The van der Waals surface area contributed by atoms with Gasteiger partial charge in [-0.25, -0.2) is 0 Å². The van der Waals surface area contributed by atoms with Crippen LogP contribution in [0.25, 0.3) is 0 Å². The topological polar surface area (TPSA) is 32.3 Å². The van der Waals surface area contributed by atoms with Crippen LogP contribution in [0.4, 0.5) is 0 Å². The maximum Gasteiger partial charge on any atom is 0.0474 e. The largest absolute Gasteiger partial charge is 0.396 e. The van der Waals surface area contributed by atoms with E-state index < -0.39 is 0 Å². The van der Waals surface area contributed by atoms with Crippen LogP contribution in [-0.4, -0.2) is 17.8 Å². The van der Waals surface area contributed by atoms with E-state index in [9.17, 15) is 5.11 Å². The standard InChI is InChI=1S/C16H27NO/c1-4-9-16(14(5-2)12-18)17-13(3)15-10-7-6-8-11-15/h6-8,10-11,13-14,16-18H,4-5,9,12H2,1-3H3/t13-,14-,16-/m1/s1. The molecule has 0 aliphatic rings. The first kappa shape index (κ1) is 15.2. The monoisotopic (exact) mass is 249 g/mol. The summed E-state index contributed by atoms with van der Waals surface area (Å²) in [5, 5.41) is 13.1. The summed E-state index contributed by atoms with van der Waals surface area (Å²) < 4.78 is 0. The van der Waals surface area contributed by atoms with Gasteiger partial charge >= 0.3 is 0 Å². The van der Waals surface area contributed by atoms with E-state index in [1.165, 1.54) is 5.56 Å². The molecule has 0 aliphatic heterocycles. The van der Waals surface area contributed by atoms with Crippen molar-refractivity contribution in [2.75, 3.05) is 6.61 Å². The van der Waals surface area contributed by atoms with Gasteiger partial charge in [0.15, 0.2) is 0 Å². The molecule has 0 fully saturated rings. The van der Waals surface area contributed by atoms with Crippen molar-refractivity contribution in [2.45, 2.75) is 52.1 Å². The molecule has 1 aromatic rings. The second kappa shape index (κ2) is 8.28. The van der Waals surface area contributed by atoms with Crippen molar-refractivity contribution in [2.24, 2.45) is 5.92 Å². The number of hydrogen-bond acceptors (Lipinski definition) is 2. The SMILES string of the molecule is CCC[C@@H](N[C@H](C)c1ccccc1)[C@H](CC)CO. The fraction of sp³-hybridized carbons (Fsp3) is 0.625. The Morgan fingerprint density at radius 2 is 1.83 bits per heavy atom. The Labute approximate surface area is 111 Å². The molecule has 0 amide bonds. The molecule has 1 aromatic carbocycles. The molecule has 18 heavy (non-hydrogen) atoms. The zero-order valence-electron chi connectivity index (χ0n) is 11.9. The van der Waals surface area contributed by atoms with Crippen LogP contribution < -0.4 is 5.32 Å². The molecular formula is C16H27NO. The maximum atomic E-state index is 9.47. The second-order valence-corrected chi connectivity index (χ2v) is 5.05. The molecule has 0 saturated heterocycles. The lowest BCUT2D eigenvalue weighted by Gasteiger charge is -2.29. The fourth-order valence-corrected chi connectivity index (χ4v) is 2.47. The predicted octanol–water partition coefficient (Wildman–Crippen LogP) is 3.52. The molecule has 0 saturated carbocycles. The highest BCUT2D eigenvalue weighted by atomic mass is 16.3. The van der Waals surface area contributed by atoms with Crippen molar-refractivity contribution in [1.82, 2.24) is 5.32 Å². The number of aliphatic hydroxyl groups is 1. The minimum Gasteiger partial charge on any atom is -0.396 e. The second-order valence-electron chi connectivity index (χ2n) is 5.05. The van der Waals surface area contributed by atoms with E-state index in [0.717, 1.165) is 19.3 Å². The van der Waals surface area contributed by atoms with Gasteiger partial charge in [0, 0.05) is 18.7 Å². The highest BCUT2D eigenvalue weighted by Crippen LogP contribution is 2.19. The van der Waals surface area contributed by atoms with Gasteiger partial charge in [0.1, 0.15) is 0 Å². The van der Waals surface area contributed by atoms with Gasteiger partial charge in [0.2, 0.25) is 0 Å². The number of hydrogen-bond donors (Lipinski definition) is 2. The van der Waals surface area contributed by atoms with Crippen LogP contribution in [0.15, 0.2) is 30.3 Å². The van der Waals surface area contributed by atoms with Crippen molar-refractivity contribution in [3.8, 4) is 0 Å². The zero-order valence-corrected chi connectivity index (χ0v) is 11.9. The van der Waals surface area contributed by atoms with E-state index in [2.05, 4.69) is 50.4 Å². The van der Waals surface area contributed by atoms with Crippen molar-refractivity contribution >= 4 is 0 Å². The third-order valence-corrected chi connectivity index (χ3v) is 3.69. The Balaban J connectivity index is 2.65. The molecule has 0 heterocycles. The quantitative estimate of drug-likeness (QED) is 0.739. The van der Waals surface area contributed by atoms with Crippen LogP contribution in [0.1, 0.15) is 51.6 Å². The highest BCUT2D eigenvalue weighted by molar-refractivity contribution is 5.18. The van der Waals surface area contributed by atoms with Crippen LogP contribution in [0, 0.1) is 5.92 Å². The lowest BCUT2D eigenvalue weighted by atomic mass is 9.92. The molecule has 102 valence electrons. The third kappa shape index (κ3) is 4.43. The molecule has 0 radical (unpaired) electrons. The molecule has 3 atom stereocenters. The summed E-state index contributed by atoms with van der Waals surface area (Å²) in [6.07, 6.45) is 3.29. The Morgan fingerprint density at radius 3 is 2.33 bits per heavy atom. The first-order chi connectivity index (χ1) is 8.72. The maximum absolute atomic E-state index is 9.47. The van der Waals surface area contributed by atoms with Crippen molar-refractivity contribution in [3.05, 3.63) is 35.9 Å². The average molecular weight is 249 g/mol. The van der Waals surface area contributed by atoms with E-state index >= 15 is 0 Å². The van der Waals surface area contributed by atoms with Crippen molar-refractivity contribution < 1.29 is 5.11 Å². The minimum absolute atomic E-state index is 0.273. The fourth-order valence-electron chi connectivity index (χ4n) is 2.47. The molecule has 1 rings (SSSR count). The number of benzene rings is 1. The van der Waals surface area contributed by atoms with E-state index in [4.69, 9.17) is 0 Å². The lowest BCUT2D eigenvalue weighted by Crippen LogP contribution is -2.39. The van der Waals surface area contributed by atoms with Gasteiger partial charge in [-0.1, -0.05) is 50.6 Å². The van der Waals surface area contributed by atoms with Gasteiger partial charge in [-0.3, -0.25) is 0 Å². The van der Waals surface area contributed by atoms with Gasteiger partial charge in [-0.2, -0.15) is 0 Å². The average Bonchev–Trinajstić information content (AvgIpc) is 2.41. The molecule has 0 spiro atoms. The van der Waals surface area contributed by atoms with Crippen LogP contribution >= 0.6 is 0 Å². The van der Waals surface area contributed by atoms with Crippen LogP contribution in [-0.2, 0) is 0 Å².